The number of hydrogen-bond donors (Lipinski definition) is 1. The van der Waals surface area contributed by atoms with Gasteiger partial charge in [-0.2, -0.15) is 0 Å². The Morgan fingerprint density at radius 2 is 1.67 bits per heavy atom. The first-order valence-corrected chi connectivity index (χ1v) is 10.1. The van der Waals surface area contributed by atoms with E-state index < -0.39 is 17.5 Å². The minimum Gasteiger partial charge on any atom is -0.445 e. The molecule has 0 bridgehead atoms. The van der Waals surface area contributed by atoms with E-state index in [2.05, 4.69) is 22.3 Å². The van der Waals surface area contributed by atoms with Crippen LogP contribution in [0.5, 0.6) is 0 Å². The molecule has 1 N–H and O–H groups in total. The Kier molecular flexibility index (Phi) is 5.44. The number of benzene rings is 2. The number of amides is 2. The van der Waals surface area contributed by atoms with Gasteiger partial charge in [0.1, 0.15) is 0 Å². The molecule has 7 nitrogen and oxygen atoms in total. The van der Waals surface area contributed by atoms with Crippen molar-refractivity contribution in [2.75, 3.05) is 37.6 Å². The van der Waals surface area contributed by atoms with E-state index in [1.165, 1.54) is 0 Å². The second kappa shape index (κ2) is 8.18. The third-order valence-corrected chi connectivity index (χ3v) is 5.72. The molecule has 2 amide bonds. The minimum atomic E-state index is -1.32. The monoisotopic (exact) mass is 407 g/mol. The van der Waals surface area contributed by atoms with Gasteiger partial charge in [0.2, 0.25) is 5.91 Å². The first-order valence-electron chi connectivity index (χ1n) is 10.1. The van der Waals surface area contributed by atoms with Crippen LogP contribution in [0, 0.1) is 0 Å². The van der Waals surface area contributed by atoms with E-state index in [4.69, 9.17) is 4.74 Å². The molecule has 1 saturated heterocycles. The molecule has 7 heteroatoms. The number of piperazine rings is 1. The Labute approximate surface area is 175 Å². The van der Waals surface area contributed by atoms with Crippen molar-refractivity contribution in [2.45, 2.75) is 18.9 Å². The Morgan fingerprint density at radius 3 is 2.40 bits per heavy atom. The SMILES string of the molecule is CC1(C(=O)NCC(=O)N2CCN(c3ccccc3)CC2)Cc2ccccc2C(=O)O1. The second-order valence-electron chi connectivity index (χ2n) is 7.84. The summed E-state index contributed by atoms with van der Waals surface area (Å²) < 4.78 is 5.42. The number of para-hydroxylation sites is 1. The summed E-state index contributed by atoms with van der Waals surface area (Å²) in [5.41, 5.74) is 1.08. The molecule has 156 valence electrons. The van der Waals surface area contributed by atoms with E-state index in [1.54, 1.807) is 24.0 Å². The summed E-state index contributed by atoms with van der Waals surface area (Å²) >= 11 is 0. The summed E-state index contributed by atoms with van der Waals surface area (Å²) in [6, 6.07) is 17.2. The summed E-state index contributed by atoms with van der Waals surface area (Å²) in [6.07, 6.45) is 0.282. The Bertz CT molecular complexity index is 954. The van der Waals surface area contributed by atoms with Crippen LogP contribution in [-0.4, -0.2) is 61.0 Å². The number of esters is 1. The Hall–Kier alpha value is -3.35. The van der Waals surface area contributed by atoms with Gasteiger partial charge in [-0.3, -0.25) is 9.59 Å². The maximum atomic E-state index is 12.7. The van der Waals surface area contributed by atoms with Gasteiger partial charge < -0.3 is 19.9 Å². The molecular formula is C23H25N3O4. The smallest absolute Gasteiger partial charge is 0.339 e. The lowest BCUT2D eigenvalue weighted by Crippen LogP contribution is -2.55. The van der Waals surface area contributed by atoms with Crippen LogP contribution in [0.25, 0.3) is 0 Å². The van der Waals surface area contributed by atoms with Gasteiger partial charge in [0.05, 0.1) is 12.1 Å². The number of nitrogens with one attached hydrogen (secondary N) is 1. The van der Waals surface area contributed by atoms with E-state index in [9.17, 15) is 14.4 Å². The summed E-state index contributed by atoms with van der Waals surface area (Å²) in [4.78, 5) is 41.6. The van der Waals surface area contributed by atoms with Gasteiger partial charge in [0.15, 0.2) is 5.60 Å². The number of cyclic esters (lactones) is 1. The Morgan fingerprint density at radius 1 is 1.00 bits per heavy atom. The lowest BCUT2D eigenvalue weighted by Gasteiger charge is -2.36. The van der Waals surface area contributed by atoms with Gasteiger partial charge in [0.25, 0.3) is 5.91 Å². The lowest BCUT2D eigenvalue weighted by molar-refractivity contribution is -0.142. The Balaban J connectivity index is 1.30. The fourth-order valence-electron chi connectivity index (χ4n) is 3.97. The molecule has 4 rings (SSSR count). The number of ether oxygens (including phenoxy) is 1. The molecule has 2 heterocycles. The molecule has 30 heavy (non-hydrogen) atoms. The molecular weight excluding hydrogens is 382 g/mol. The van der Waals surface area contributed by atoms with Crippen molar-refractivity contribution in [2.24, 2.45) is 0 Å². The number of anilines is 1. The molecule has 0 aliphatic carbocycles. The van der Waals surface area contributed by atoms with E-state index in [1.807, 2.05) is 30.3 Å². The van der Waals surface area contributed by atoms with Crippen molar-refractivity contribution in [3.8, 4) is 0 Å². The fourth-order valence-corrected chi connectivity index (χ4v) is 3.97. The van der Waals surface area contributed by atoms with Gasteiger partial charge in [-0.1, -0.05) is 36.4 Å². The number of hydrogen-bond acceptors (Lipinski definition) is 5. The predicted octanol–water partition coefficient (Wildman–Crippen LogP) is 1.62. The molecule has 0 radical (unpaired) electrons. The molecule has 0 spiro atoms. The zero-order chi connectivity index (χ0) is 21.1. The maximum Gasteiger partial charge on any atom is 0.339 e. The highest BCUT2D eigenvalue weighted by Crippen LogP contribution is 2.28. The molecule has 1 unspecified atom stereocenters. The van der Waals surface area contributed by atoms with E-state index in [-0.39, 0.29) is 18.9 Å². The molecule has 0 aromatic heterocycles. The van der Waals surface area contributed by atoms with Crippen LogP contribution in [0.4, 0.5) is 5.69 Å². The highest BCUT2D eigenvalue weighted by Gasteiger charge is 2.42. The largest absolute Gasteiger partial charge is 0.445 e. The third-order valence-electron chi connectivity index (χ3n) is 5.72. The van der Waals surface area contributed by atoms with E-state index >= 15 is 0 Å². The molecule has 2 aromatic carbocycles. The number of carbonyl (C=O) groups is 3. The first kappa shape index (κ1) is 19.9. The van der Waals surface area contributed by atoms with Crippen LogP contribution in [0.1, 0.15) is 22.8 Å². The van der Waals surface area contributed by atoms with Crippen molar-refractivity contribution >= 4 is 23.5 Å². The van der Waals surface area contributed by atoms with Crippen molar-refractivity contribution in [3.63, 3.8) is 0 Å². The molecule has 1 atom stereocenters. The van der Waals surface area contributed by atoms with E-state index in [0.29, 0.717) is 18.7 Å². The molecule has 2 aliphatic heterocycles. The minimum absolute atomic E-state index is 0.112. The van der Waals surface area contributed by atoms with Crippen molar-refractivity contribution in [3.05, 3.63) is 65.7 Å². The standard InChI is InChI=1S/C23H25N3O4/c1-23(15-17-7-5-6-10-19(17)21(28)30-23)22(29)24-16-20(27)26-13-11-25(12-14-26)18-8-3-2-4-9-18/h2-10H,11-16H2,1H3,(H,24,29). The quantitative estimate of drug-likeness (QED) is 0.780. The van der Waals surface area contributed by atoms with Crippen LogP contribution >= 0.6 is 0 Å². The van der Waals surface area contributed by atoms with Crippen LogP contribution in [0.15, 0.2) is 54.6 Å². The number of carbonyl (C=O) groups excluding carboxylic acids is 3. The van der Waals surface area contributed by atoms with Crippen LogP contribution in [0.2, 0.25) is 0 Å². The average molecular weight is 407 g/mol. The van der Waals surface area contributed by atoms with Gasteiger partial charge in [-0.05, 0) is 30.7 Å². The second-order valence-corrected chi connectivity index (χ2v) is 7.84. The third kappa shape index (κ3) is 4.01. The zero-order valence-electron chi connectivity index (χ0n) is 17.0. The van der Waals surface area contributed by atoms with Gasteiger partial charge in [-0.25, -0.2) is 4.79 Å². The summed E-state index contributed by atoms with van der Waals surface area (Å²) in [5.74, 6) is -1.11. The topological polar surface area (TPSA) is 79.0 Å². The van der Waals surface area contributed by atoms with Gasteiger partial charge >= 0.3 is 5.97 Å². The number of nitrogens with zero attached hydrogens (tertiary/aromatic N) is 2. The van der Waals surface area contributed by atoms with Crippen LogP contribution in [-0.2, 0) is 20.7 Å². The first-order chi connectivity index (χ1) is 14.5. The number of rotatable bonds is 4. The van der Waals surface area contributed by atoms with Gasteiger partial charge in [-0.15, -0.1) is 0 Å². The molecule has 2 aliphatic rings. The molecule has 2 aromatic rings. The fraction of sp³-hybridized carbons (Fsp3) is 0.348. The lowest BCUT2D eigenvalue weighted by atomic mass is 9.89. The van der Waals surface area contributed by atoms with Gasteiger partial charge in [0, 0.05) is 38.3 Å². The zero-order valence-corrected chi connectivity index (χ0v) is 17.0. The summed E-state index contributed by atoms with van der Waals surface area (Å²) in [7, 11) is 0. The molecule has 1 fully saturated rings. The maximum absolute atomic E-state index is 12.7. The predicted molar refractivity (Wildman–Crippen MR) is 112 cm³/mol. The number of fused-ring (bicyclic) bond motifs is 1. The van der Waals surface area contributed by atoms with E-state index in [0.717, 1.165) is 24.3 Å². The highest BCUT2D eigenvalue weighted by atomic mass is 16.6. The summed E-state index contributed by atoms with van der Waals surface area (Å²) in [6.45, 7) is 4.16. The molecule has 0 saturated carbocycles. The normalized spacial score (nSPS) is 20.9. The summed E-state index contributed by atoms with van der Waals surface area (Å²) in [5, 5.41) is 2.66. The van der Waals surface area contributed by atoms with Crippen molar-refractivity contribution < 1.29 is 19.1 Å². The average Bonchev–Trinajstić information content (AvgIpc) is 2.78. The van der Waals surface area contributed by atoms with Crippen molar-refractivity contribution in [1.29, 1.82) is 0 Å². The van der Waals surface area contributed by atoms with Crippen molar-refractivity contribution in [1.82, 2.24) is 10.2 Å². The van der Waals surface area contributed by atoms with Crippen LogP contribution in [0.3, 0.4) is 0 Å². The van der Waals surface area contributed by atoms with Crippen LogP contribution < -0.4 is 10.2 Å². The highest BCUT2D eigenvalue weighted by molar-refractivity contribution is 5.98.